The highest BCUT2D eigenvalue weighted by Crippen LogP contribution is 2.18. The lowest BCUT2D eigenvalue weighted by Gasteiger charge is -2.23. The number of hydrogen-bond acceptors (Lipinski definition) is 6. The summed E-state index contributed by atoms with van der Waals surface area (Å²) in [6.07, 6.45) is 2.18. The molecule has 1 aromatic heterocycles. The van der Waals surface area contributed by atoms with Gasteiger partial charge in [-0.2, -0.15) is 0 Å². The average molecular weight is 392 g/mol. The van der Waals surface area contributed by atoms with Crippen molar-refractivity contribution in [3.8, 4) is 0 Å². The smallest absolute Gasteiger partial charge is 0.272 e. The van der Waals surface area contributed by atoms with E-state index in [0.29, 0.717) is 30.8 Å². The molecule has 0 spiro atoms. The summed E-state index contributed by atoms with van der Waals surface area (Å²) in [5.74, 6) is -0.0736. The Bertz CT molecular complexity index is 936. The van der Waals surface area contributed by atoms with E-state index < -0.39 is 9.84 Å². The standard InChI is InChI=1S/C18H21FN4O3S/c1-23(14-7-9-27(25,26)11-14)18(24)16-10-17(22-12-21-16)20-8-6-13-4-2-3-5-15(13)19/h2-5,10,12,14H,6-9,11H2,1H3,(H,20,21,22). The van der Waals surface area contributed by atoms with Crippen LogP contribution in [-0.2, 0) is 16.3 Å². The van der Waals surface area contributed by atoms with Crippen molar-refractivity contribution < 1.29 is 17.6 Å². The Kier molecular flexibility index (Phi) is 5.69. The van der Waals surface area contributed by atoms with Crippen molar-refractivity contribution in [3.05, 3.63) is 53.7 Å². The van der Waals surface area contributed by atoms with E-state index in [9.17, 15) is 17.6 Å². The Labute approximate surface area is 157 Å². The van der Waals surface area contributed by atoms with Crippen molar-refractivity contribution >= 4 is 21.6 Å². The van der Waals surface area contributed by atoms with Crippen molar-refractivity contribution in [2.45, 2.75) is 18.9 Å². The summed E-state index contributed by atoms with van der Waals surface area (Å²) in [7, 11) is -1.49. The first kappa shape index (κ1) is 19.2. The SMILES string of the molecule is CN(C(=O)c1cc(NCCc2ccccc2F)ncn1)C1CCS(=O)(=O)C1. The number of benzene rings is 1. The Morgan fingerprint density at radius 1 is 1.33 bits per heavy atom. The molecule has 1 N–H and O–H groups in total. The molecular weight excluding hydrogens is 371 g/mol. The molecule has 2 aromatic rings. The molecule has 1 atom stereocenters. The average Bonchev–Trinajstić information content (AvgIpc) is 3.02. The normalized spacial score (nSPS) is 18.2. The van der Waals surface area contributed by atoms with Gasteiger partial charge in [-0.1, -0.05) is 18.2 Å². The van der Waals surface area contributed by atoms with E-state index in [-0.39, 0.29) is 35.0 Å². The number of aromatic nitrogens is 2. The van der Waals surface area contributed by atoms with Crippen LogP contribution in [0.25, 0.3) is 0 Å². The van der Waals surface area contributed by atoms with Gasteiger partial charge in [-0.3, -0.25) is 4.79 Å². The molecule has 2 heterocycles. The molecule has 9 heteroatoms. The molecule has 1 amide bonds. The fourth-order valence-electron chi connectivity index (χ4n) is 3.02. The highest BCUT2D eigenvalue weighted by atomic mass is 32.2. The highest BCUT2D eigenvalue weighted by molar-refractivity contribution is 7.91. The fourth-order valence-corrected chi connectivity index (χ4v) is 4.80. The van der Waals surface area contributed by atoms with Crippen molar-refractivity contribution in [3.63, 3.8) is 0 Å². The van der Waals surface area contributed by atoms with Crippen LogP contribution in [0, 0.1) is 5.82 Å². The maximum Gasteiger partial charge on any atom is 0.272 e. The van der Waals surface area contributed by atoms with Crippen LogP contribution in [0.4, 0.5) is 10.2 Å². The molecule has 27 heavy (non-hydrogen) atoms. The lowest BCUT2D eigenvalue weighted by atomic mass is 10.1. The summed E-state index contributed by atoms with van der Waals surface area (Å²) in [4.78, 5) is 22.1. The van der Waals surface area contributed by atoms with Gasteiger partial charge in [-0.05, 0) is 24.5 Å². The minimum Gasteiger partial charge on any atom is -0.370 e. The topological polar surface area (TPSA) is 92.3 Å². The molecule has 1 aliphatic rings. The first-order chi connectivity index (χ1) is 12.9. The van der Waals surface area contributed by atoms with E-state index in [4.69, 9.17) is 0 Å². The zero-order valence-electron chi connectivity index (χ0n) is 14.9. The maximum absolute atomic E-state index is 13.6. The van der Waals surface area contributed by atoms with Crippen LogP contribution in [0.3, 0.4) is 0 Å². The highest BCUT2D eigenvalue weighted by Gasteiger charge is 2.33. The molecule has 1 aliphatic heterocycles. The van der Waals surface area contributed by atoms with Gasteiger partial charge in [0.25, 0.3) is 5.91 Å². The van der Waals surface area contributed by atoms with Gasteiger partial charge in [0.05, 0.1) is 11.5 Å². The van der Waals surface area contributed by atoms with Gasteiger partial charge in [0.2, 0.25) is 0 Å². The fraction of sp³-hybridized carbons (Fsp3) is 0.389. The zero-order valence-corrected chi connectivity index (χ0v) is 15.7. The molecule has 0 bridgehead atoms. The van der Waals surface area contributed by atoms with Crippen molar-refractivity contribution in [1.29, 1.82) is 0 Å². The summed E-state index contributed by atoms with van der Waals surface area (Å²) in [5.41, 5.74) is 0.780. The quantitative estimate of drug-likeness (QED) is 0.802. The van der Waals surface area contributed by atoms with Crippen molar-refractivity contribution in [2.24, 2.45) is 0 Å². The third kappa shape index (κ3) is 4.79. The van der Waals surface area contributed by atoms with Crippen LogP contribution in [0.15, 0.2) is 36.7 Å². The number of nitrogens with one attached hydrogen (secondary N) is 1. The van der Waals surface area contributed by atoms with Gasteiger partial charge in [0.1, 0.15) is 23.7 Å². The Balaban J connectivity index is 1.61. The molecule has 1 unspecified atom stereocenters. The maximum atomic E-state index is 13.6. The first-order valence-corrected chi connectivity index (χ1v) is 10.4. The number of carbonyl (C=O) groups excluding carboxylic acids is 1. The number of sulfone groups is 1. The largest absolute Gasteiger partial charge is 0.370 e. The summed E-state index contributed by atoms with van der Waals surface area (Å²) in [5, 5.41) is 3.05. The van der Waals surface area contributed by atoms with Gasteiger partial charge >= 0.3 is 0 Å². The molecule has 144 valence electrons. The van der Waals surface area contributed by atoms with E-state index in [1.807, 2.05) is 0 Å². The Morgan fingerprint density at radius 3 is 2.81 bits per heavy atom. The van der Waals surface area contributed by atoms with Crippen LogP contribution in [-0.4, -0.2) is 60.3 Å². The molecule has 3 rings (SSSR count). The lowest BCUT2D eigenvalue weighted by molar-refractivity contribution is 0.0741. The Hall–Kier alpha value is -2.55. The molecular formula is C18H21FN4O3S. The van der Waals surface area contributed by atoms with Crippen LogP contribution < -0.4 is 5.32 Å². The third-order valence-electron chi connectivity index (χ3n) is 4.62. The molecule has 1 saturated heterocycles. The predicted molar refractivity (Wildman–Crippen MR) is 99.8 cm³/mol. The molecule has 0 radical (unpaired) electrons. The van der Waals surface area contributed by atoms with Gasteiger partial charge in [-0.15, -0.1) is 0 Å². The number of hydrogen-bond donors (Lipinski definition) is 1. The van der Waals surface area contributed by atoms with Crippen LogP contribution in [0.5, 0.6) is 0 Å². The van der Waals surface area contributed by atoms with E-state index >= 15 is 0 Å². The second-order valence-electron chi connectivity index (χ2n) is 6.53. The molecule has 1 fully saturated rings. The minimum absolute atomic E-state index is 0.0198. The number of anilines is 1. The predicted octanol–water partition coefficient (Wildman–Crippen LogP) is 1.53. The number of carbonyl (C=O) groups is 1. The van der Waals surface area contributed by atoms with Gasteiger partial charge in [0.15, 0.2) is 9.84 Å². The second-order valence-corrected chi connectivity index (χ2v) is 8.76. The number of amides is 1. The monoisotopic (exact) mass is 392 g/mol. The van der Waals surface area contributed by atoms with Gasteiger partial charge in [-0.25, -0.2) is 22.8 Å². The second kappa shape index (κ2) is 7.99. The van der Waals surface area contributed by atoms with Crippen molar-refractivity contribution in [1.82, 2.24) is 14.9 Å². The van der Waals surface area contributed by atoms with Crippen LogP contribution in [0.2, 0.25) is 0 Å². The summed E-state index contributed by atoms with van der Waals surface area (Å²) < 4.78 is 36.9. The van der Waals surface area contributed by atoms with Crippen LogP contribution >= 0.6 is 0 Å². The zero-order chi connectivity index (χ0) is 19.4. The lowest BCUT2D eigenvalue weighted by Crippen LogP contribution is -2.38. The molecule has 0 saturated carbocycles. The minimum atomic E-state index is -3.08. The molecule has 0 aliphatic carbocycles. The van der Waals surface area contributed by atoms with Crippen molar-refractivity contribution in [2.75, 3.05) is 30.4 Å². The van der Waals surface area contributed by atoms with E-state index in [2.05, 4.69) is 15.3 Å². The third-order valence-corrected chi connectivity index (χ3v) is 6.37. The van der Waals surface area contributed by atoms with Gasteiger partial charge < -0.3 is 10.2 Å². The van der Waals surface area contributed by atoms with E-state index in [1.54, 1.807) is 25.2 Å². The number of halogens is 1. The molecule has 7 nitrogen and oxygen atoms in total. The molecule has 1 aromatic carbocycles. The number of rotatable bonds is 6. The Morgan fingerprint density at radius 2 is 2.11 bits per heavy atom. The summed E-state index contributed by atoms with van der Waals surface area (Å²) in [6, 6.07) is 7.73. The van der Waals surface area contributed by atoms with E-state index in [0.717, 1.165) is 0 Å². The van der Waals surface area contributed by atoms with Crippen LogP contribution in [0.1, 0.15) is 22.5 Å². The van der Waals surface area contributed by atoms with Gasteiger partial charge in [0, 0.05) is 25.7 Å². The first-order valence-electron chi connectivity index (χ1n) is 8.62. The summed E-state index contributed by atoms with van der Waals surface area (Å²) in [6.45, 7) is 0.447. The van der Waals surface area contributed by atoms with E-state index in [1.165, 1.54) is 23.4 Å². The number of nitrogens with zero attached hydrogens (tertiary/aromatic N) is 3. The summed E-state index contributed by atoms with van der Waals surface area (Å²) >= 11 is 0.